The molecule has 5 nitrogen and oxygen atoms in total. The van der Waals surface area contributed by atoms with Crippen LogP contribution < -0.4 is 10.4 Å². The Labute approximate surface area is 196 Å². The van der Waals surface area contributed by atoms with Gasteiger partial charge in [-0.05, 0) is 47.5 Å². The molecule has 4 rings (SSSR count). The normalized spacial score (nSPS) is 11.8. The van der Waals surface area contributed by atoms with Gasteiger partial charge in [-0.3, -0.25) is 0 Å². The number of aryl methyl sites for hydroxylation is 1. The lowest BCUT2D eigenvalue weighted by Gasteiger charge is -2.07. The minimum atomic E-state index is 0.0168. The highest BCUT2D eigenvalue weighted by atomic mass is 35.5. The monoisotopic (exact) mass is 467 g/mol. The molecule has 1 heterocycles. The second kappa shape index (κ2) is 9.65. The summed E-state index contributed by atoms with van der Waals surface area (Å²) in [5.41, 5.74) is 5.35. The predicted molar refractivity (Wildman–Crippen MR) is 130 cm³/mol. The van der Waals surface area contributed by atoms with E-state index in [1.807, 2.05) is 72.3 Å². The van der Waals surface area contributed by atoms with Gasteiger partial charge in [0.2, 0.25) is 5.62 Å². The third-order valence-electron chi connectivity index (χ3n) is 5.19. The standard InChI is InChI=1S/C25H23Cl2N3O2/c1-3-12-32-20-10-8-19(9-11-20)28-25-29(2)23-13-21(26)22(27)14-24(23)30(25)15-17-4-6-18(16-31)7-5-17/h3-11,13-14,31H,1,12,15-16H2,2H3. The average molecular weight is 468 g/mol. The van der Waals surface area contributed by atoms with Crippen molar-refractivity contribution in [3.05, 3.63) is 100 Å². The zero-order valence-electron chi connectivity index (χ0n) is 17.6. The van der Waals surface area contributed by atoms with Crippen LogP contribution in [0.1, 0.15) is 11.1 Å². The highest BCUT2D eigenvalue weighted by Crippen LogP contribution is 2.28. The van der Waals surface area contributed by atoms with Crippen LogP contribution in [0.2, 0.25) is 10.0 Å². The third-order valence-corrected chi connectivity index (χ3v) is 5.91. The number of aromatic nitrogens is 2. The molecule has 4 aromatic rings. The summed E-state index contributed by atoms with van der Waals surface area (Å²) in [6, 6.07) is 19.2. The fourth-order valence-corrected chi connectivity index (χ4v) is 3.83. The summed E-state index contributed by atoms with van der Waals surface area (Å²) in [5.74, 6) is 0.760. The van der Waals surface area contributed by atoms with Gasteiger partial charge in [0.25, 0.3) is 0 Å². The van der Waals surface area contributed by atoms with Crippen LogP contribution in [0, 0.1) is 0 Å². The van der Waals surface area contributed by atoms with E-state index in [1.165, 1.54) is 0 Å². The van der Waals surface area contributed by atoms with Gasteiger partial charge in [-0.2, -0.15) is 0 Å². The number of fused-ring (bicyclic) bond motifs is 1. The molecule has 0 amide bonds. The Bertz CT molecular complexity index is 1320. The Kier molecular flexibility index (Phi) is 6.70. The smallest absolute Gasteiger partial charge is 0.211 e. The minimum Gasteiger partial charge on any atom is -0.490 e. The van der Waals surface area contributed by atoms with Gasteiger partial charge >= 0.3 is 0 Å². The minimum absolute atomic E-state index is 0.0168. The molecule has 0 aliphatic heterocycles. The van der Waals surface area contributed by atoms with Crippen LogP contribution in [0.5, 0.6) is 5.75 Å². The van der Waals surface area contributed by atoms with Crippen LogP contribution in [0.3, 0.4) is 0 Å². The molecular weight excluding hydrogens is 445 g/mol. The predicted octanol–water partition coefficient (Wildman–Crippen LogP) is 5.62. The van der Waals surface area contributed by atoms with E-state index in [0.29, 0.717) is 23.2 Å². The van der Waals surface area contributed by atoms with Gasteiger partial charge in [0.15, 0.2) is 0 Å². The van der Waals surface area contributed by atoms with Crippen molar-refractivity contribution in [2.75, 3.05) is 6.61 Å². The van der Waals surface area contributed by atoms with Gasteiger partial charge in [-0.1, -0.05) is 60.1 Å². The van der Waals surface area contributed by atoms with E-state index in [1.54, 1.807) is 6.08 Å². The van der Waals surface area contributed by atoms with Crippen molar-refractivity contribution in [3.8, 4) is 5.75 Å². The van der Waals surface area contributed by atoms with Gasteiger partial charge in [-0.15, -0.1) is 0 Å². The number of aliphatic hydroxyl groups excluding tert-OH is 1. The molecular formula is C25H23Cl2N3O2. The van der Waals surface area contributed by atoms with Crippen molar-refractivity contribution in [2.24, 2.45) is 12.0 Å². The molecule has 0 aliphatic carbocycles. The molecule has 0 aliphatic rings. The molecule has 1 aromatic heterocycles. The van der Waals surface area contributed by atoms with Gasteiger partial charge in [0, 0.05) is 7.05 Å². The SMILES string of the molecule is C=CCOc1ccc(N=c2n(C)c3cc(Cl)c(Cl)cc3n2Cc2ccc(CO)cc2)cc1. The molecule has 0 spiro atoms. The first kappa shape index (κ1) is 22.2. The first-order valence-corrected chi connectivity index (χ1v) is 10.9. The number of hydrogen-bond donors (Lipinski definition) is 1. The molecule has 164 valence electrons. The van der Waals surface area contributed by atoms with Gasteiger partial charge in [-0.25, -0.2) is 4.99 Å². The highest BCUT2D eigenvalue weighted by molar-refractivity contribution is 6.42. The van der Waals surface area contributed by atoms with E-state index >= 15 is 0 Å². The maximum Gasteiger partial charge on any atom is 0.211 e. The number of aliphatic hydroxyl groups is 1. The number of imidazole rings is 1. The van der Waals surface area contributed by atoms with Crippen molar-refractivity contribution in [2.45, 2.75) is 13.2 Å². The molecule has 0 saturated heterocycles. The first-order chi connectivity index (χ1) is 15.5. The maximum absolute atomic E-state index is 9.33. The molecule has 1 N–H and O–H groups in total. The van der Waals surface area contributed by atoms with Crippen LogP contribution in [0.25, 0.3) is 11.0 Å². The summed E-state index contributed by atoms with van der Waals surface area (Å²) in [6.07, 6.45) is 1.71. The lowest BCUT2D eigenvalue weighted by atomic mass is 10.1. The molecule has 32 heavy (non-hydrogen) atoms. The molecule has 0 unspecified atom stereocenters. The number of rotatable bonds is 7. The number of benzene rings is 3. The fourth-order valence-electron chi connectivity index (χ4n) is 3.52. The number of halogens is 2. The molecule has 0 fully saturated rings. The van der Waals surface area contributed by atoms with Crippen LogP contribution >= 0.6 is 23.2 Å². The van der Waals surface area contributed by atoms with Crippen LogP contribution in [-0.4, -0.2) is 20.8 Å². The Hall–Kier alpha value is -2.99. The second-order valence-corrected chi connectivity index (χ2v) is 8.19. The summed E-state index contributed by atoms with van der Waals surface area (Å²) in [7, 11) is 1.96. The Morgan fingerprint density at radius 1 is 0.969 bits per heavy atom. The van der Waals surface area contributed by atoms with E-state index in [0.717, 1.165) is 39.2 Å². The largest absolute Gasteiger partial charge is 0.490 e. The van der Waals surface area contributed by atoms with Gasteiger partial charge in [0.05, 0.1) is 39.9 Å². The van der Waals surface area contributed by atoms with Gasteiger partial charge < -0.3 is 19.0 Å². The van der Waals surface area contributed by atoms with Crippen LogP contribution in [0.4, 0.5) is 5.69 Å². The number of ether oxygens (including phenoxy) is 1. The number of hydrogen-bond acceptors (Lipinski definition) is 3. The van der Waals surface area contributed by atoms with E-state index in [4.69, 9.17) is 32.9 Å². The Morgan fingerprint density at radius 3 is 2.22 bits per heavy atom. The Balaban J connectivity index is 1.84. The topological polar surface area (TPSA) is 51.7 Å². The molecule has 0 radical (unpaired) electrons. The molecule has 0 atom stereocenters. The lowest BCUT2D eigenvalue weighted by molar-refractivity contribution is 0.282. The van der Waals surface area contributed by atoms with Crippen molar-refractivity contribution in [1.82, 2.24) is 9.13 Å². The zero-order valence-corrected chi connectivity index (χ0v) is 19.1. The summed E-state index contributed by atoms with van der Waals surface area (Å²) in [5, 5.41) is 10.3. The first-order valence-electron chi connectivity index (χ1n) is 10.1. The van der Waals surface area contributed by atoms with Gasteiger partial charge in [0.1, 0.15) is 12.4 Å². The molecule has 7 heteroatoms. The van der Waals surface area contributed by atoms with Crippen molar-refractivity contribution in [3.63, 3.8) is 0 Å². The zero-order chi connectivity index (χ0) is 22.7. The molecule has 3 aromatic carbocycles. The summed E-state index contributed by atoms with van der Waals surface area (Å²) < 4.78 is 9.67. The summed E-state index contributed by atoms with van der Waals surface area (Å²) >= 11 is 12.7. The van der Waals surface area contributed by atoms with Crippen LogP contribution in [0.15, 0.2) is 78.3 Å². The van der Waals surface area contributed by atoms with E-state index in [2.05, 4.69) is 11.1 Å². The van der Waals surface area contributed by atoms with Crippen LogP contribution in [-0.2, 0) is 20.2 Å². The lowest BCUT2D eigenvalue weighted by Crippen LogP contribution is -2.24. The number of nitrogens with zero attached hydrogens (tertiary/aromatic N) is 3. The molecule has 0 saturated carbocycles. The second-order valence-electron chi connectivity index (χ2n) is 7.38. The van der Waals surface area contributed by atoms with E-state index in [9.17, 15) is 5.11 Å². The Morgan fingerprint density at radius 2 is 1.59 bits per heavy atom. The average Bonchev–Trinajstić information content (AvgIpc) is 3.04. The van der Waals surface area contributed by atoms with E-state index < -0.39 is 0 Å². The van der Waals surface area contributed by atoms with Crippen molar-refractivity contribution in [1.29, 1.82) is 0 Å². The molecule has 0 bridgehead atoms. The highest BCUT2D eigenvalue weighted by Gasteiger charge is 2.13. The maximum atomic E-state index is 9.33. The quantitative estimate of drug-likeness (QED) is 0.358. The summed E-state index contributed by atoms with van der Waals surface area (Å²) in [4.78, 5) is 4.91. The van der Waals surface area contributed by atoms with Crippen molar-refractivity contribution >= 4 is 39.9 Å². The van der Waals surface area contributed by atoms with Crippen molar-refractivity contribution < 1.29 is 9.84 Å². The fraction of sp³-hybridized carbons (Fsp3) is 0.160. The van der Waals surface area contributed by atoms with E-state index in [-0.39, 0.29) is 6.61 Å². The third kappa shape index (κ3) is 4.60. The summed E-state index contributed by atoms with van der Waals surface area (Å²) in [6.45, 7) is 4.72.